The maximum absolute atomic E-state index is 12.3. The van der Waals surface area contributed by atoms with Gasteiger partial charge in [0.2, 0.25) is 5.91 Å². The van der Waals surface area contributed by atoms with Gasteiger partial charge in [-0.2, -0.15) is 0 Å². The van der Waals surface area contributed by atoms with Crippen molar-refractivity contribution in [1.29, 1.82) is 0 Å². The van der Waals surface area contributed by atoms with Crippen molar-refractivity contribution in [3.8, 4) is 0 Å². The molecule has 1 fully saturated rings. The maximum Gasteiger partial charge on any atom is 0.226 e. The number of amides is 1. The van der Waals surface area contributed by atoms with Crippen molar-refractivity contribution in [2.75, 3.05) is 0 Å². The van der Waals surface area contributed by atoms with Gasteiger partial charge in [0.15, 0.2) is 0 Å². The lowest BCUT2D eigenvalue weighted by molar-refractivity contribution is -0.132. The molecule has 1 aliphatic rings. The molecule has 2 nitrogen and oxygen atoms in total. The Morgan fingerprint density at radius 2 is 1.74 bits per heavy atom. The molecule has 1 saturated carbocycles. The van der Waals surface area contributed by atoms with E-state index >= 15 is 0 Å². The number of alkyl halides is 1. The van der Waals surface area contributed by atoms with E-state index in [1.807, 2.05) is 0 Å². The molecule has 0 saturated heterocycles. The molecular weight excluding hydrogens is 302 g/mol. The summed E-state index contributed by atoms with van der Waals surface area (Å²) in [5, 5.41) is 3.97. The van der Waals surface area contributed by atoms with Gasteiger partial charge < -0.3 is 5.32 Å². The second-order valence-electron chi connectivity index (χ2n) is 5.75. The summed E-state index contributed by atoms with van der Waals surface area (Å²) in [6.07, 6.45) is 5.70. The summed E-state index contributed by atoms with van der Waals surface area (Å²) >= 11 is 3.43. The van der Waals surface area contributed by atoms with E-state index in [0.717, 1.165) is 23.7 Å². The fourth-order valence-electron chi connectivity index (χ4n) is 2.70. The van der Waals surface area contributed by atoms with Gasteiger partial charge in [-0.1, -0.05) is 66.4 Å². The van der Waals surface area contributed by atoms with Crippen LogP contribution in [0.25, 0.3) is 0 Å². The van der Waals surface area contributed by atoms with E-state index in [9.17, 15) is 4.79 Å². The van der Waals surface area contributed by atoms with E-state index in [1.165, 1.54) is 24.8 Å². The first kappa shape index (κ1) is 14.6. The topological polar surface area (TPSA) is 29.1 Å². The van der Waals surface area contributed by atoms with E-state index in [0.29, 0.717) is 6.54 Å². The van der Waals surface area contributed by atoms with Crippen molar-refractivity contribution in [2.24, 2.45) is 5.41 Å². The van der Waals surface area contributed by atoms with Crippen molar-refractivity contribution in [3.63, 3.8) is 0 Å². The molecule has 0 bridgehead atoms. The first-order chi connectivity index (χ1) is 9.14. The van der Waals surface area contributed by atoms with E-state index in [2.05, 4.69) is 52.4 Å². The lowest BCUT2D eigenvalue weighted by Crippen LogP contribution is -2.39. The molecule has 0 spiro atoms. The summed E-state index contributed by atoms with van der Waals surface area (Å²) in [4.78, 5) is 12.3. The summed E-state index contributed by atoms with van der Waals surface area (Å²) in [5.41, 5.74) is 2.28. The van der Waals surface area contributed by atoms with Crippen LogP contribution in [0.2, 0.25) is 0 Å². The monoisotopic (exact) mass is 323 g/mol. The molecule has 0 radical (unpaired) electrons. The molecule has 0 aromatic heterocycles. The minimum atomic E-state index is -0.145. The number of benzene rings is 1. The highest BCUT2D eigenvalue weighted by molar-refractivity contribution is 9.08. The van der Waals surface area contributed by atoms with Crippen molar-refractivity contribution in [1.82, 2.24) is 5.32 Å². The summed E-state index contributed by atoms with van der Waals surface area (Å²) in [6, 6.07) is 8.36. The number of halogens is 1. The number of hydrogen-bond donors (Lipinski definition) is 1. The maximum atomic E-state index is 12.3. The van der Waals surface area contributed by atoms with Gasteiger partial charge >= 0.3 is 0 Å². The van der Waals surface area contributed by atoms with E-state index in [4.69, 9.17) is 0 Å². The summed E-state index contributed by atoms with van der Waals surface area (Å²) < 4.78 is 0. The SMILES string of the molecule is CC1(C(=O)NCc2ccc(CBr)cc2)CCCCC1. The van der Waals surface area contributed by atoms with Gasteiger partial charge in [0.05, 0.1) is 0 Å². The Morgan fingerprint density at radius 1 is 1.16 bits per heavy atom. The molecule has 0 aliphatic heterocycles. The Kier molecular flexibility index (Phi) is 5.03. The van der Waals surface area contributed by atoms with Crippen molar-refractivity contribution in [3.05, 3.63) is 35.4 Å². The molecule has 0 heterocycles. The number of hydrogen-bond acceptors (Lipinski definition) is 1. The third-order valence-corrected chi connectivity index (χ3v) is 4.78. The molecule has 2 rings (SSSR count). The molecule has 19 heavy (non-hydrogen) atoms. The highest BCUT2D eigenvalue weighted by Crippen LogP contribution is 2.35. The minimum Gasteiger partial charge on any atom is -0.352 e. The summed E-state index contributed by atoms with van der Waals surface area (Å²) in [7, 11) is 0. The van der Waals surface area contributed by atoms with Gasteiger partial charge in [0, 0.05) is 17.3 Å². The molecule has 1 aliphatic carbocycles. The molecule has 0 unspecified atom stereocenters. The standard InChI is InChI=1S/C16H22BrNO/c1-16(9-3-2-4-10-16)15(19)18-12-14-7-5-13(11-17)6-8-14/h5-8H,2-4,9-12H2,1H3,(H,18,19). The fraction of sp³-hybridized carbons (Fsp3) is 0.562. The third-order valence-electron chi connectivity index (χ3n) is 4.14. The van der Waals surface area contributed by atoms with Gasteiger partial charge in [-0.05, 0) is 24.0 Å². The highest BCUT2D eigenvalue weighted by Gasteiger charge is 2.34. The smallest absolute Gasteiger partial charge is 0.226 e. The van der Waals surface area contributed by atoms with E-state index in [1.54, 1.807) is 0 Å². The van der Waals surface area contributed by atoms with Crippen LogP contribution in [0, 0.1) is 5.41 Å². The Morgan fingerprint density at radius 3 is 2.32 bits per heavy atom. The quantitative estimate of drug-likeness (QED) is 0.828. The van der Waals surface area contributed by atoms with Crippen LogP contribution < -0.4 is 5.32 Å². The van der Waals surface area contributed by atoms with Crippen LogP contribution >= 0.6 is 15.9 Å². The Bertz CT molecular complexity index is 421. The first-order valence-electron chi connectivity index (χ1n) is 7.06. The van der Waals surface area contributed by atoms with E-state index in [-0.39, 0.29) is 11.3 Å². The van der Waals surface area contributed by atoms with Gasteiger partial charge in [0.25, 0.3) is 0 Å². The average Bonchev–Trinajstić information content (AvgIpc) is 2.46. The van der Waals surface area contributed by atoms with Crippen LogP contribution in [-0.2, 0) is 16.7 Å². The average molecular weight is 324 g/mol. The summed E-state index contributed by atoms with van der Waals surface area (Å²) in [6.45, 7) is 2.74. The molecule has 1 N–H and O–H groups in total. The molecule has 1 aromatic rings. The van der Waals surface area contributed by atoms with E-state index < -0.39 is 0 Å². The molecule has 1 amide bonds. The Hall–Kier alpha value is -0.830. The van der Waals surface area contributed by atoms with Crippen LogP contribution in [0.5, 0.6) is 0 Å². The van der Waals surface area contributed by atoms with Crippen LogP contribution in [-0.4, -0.2) is 5.91 Å². The van der Waals surface area contributed by atoms with Crippen LogP contribution in [0.15, 0.2) is 24.3 Å². The second-order valence-corrected chi connectivity index (χ2v) is 6.31. The van der Waals surface area contributed by atoms with Gasteiger partial charge in [0.1, 0.15) is 0 Å². The van der Waals surface area contributed by atoms with Crippen LogP contribution in [0.3, 0.4) is 0 Å². The zero-order valence-corrected chi connectivity index (χ0v) is 13.1. The molecule has 1 aromatic carbocycles. The Labute approximate surface area is 124 Å². The third kappa shape index (κ3) is 3.82. The van der Waals surface area contributed by atoms with Crippen LogP contribution in [0.4, 0.5) is 0 Å². The van der Waals surface area contributed by atoms with Crippen LogP contribution in [0.1, 0.15) is 50.2 Å². The van der Waals surface area contributed by atoms with Crippen molar-refractivity contribution in [2.45, 2.75) is 50.9 Å². The van der Waals surface area contributed by atoms with Gasteiger partial charge in [-0.15, -0.1) is 0 Å². The molecule has 0 atom stereocenters. The number of rotatable bonds is 4. The Balaban J connectivity index is 1.88. The second kappa shape index (κ2) is 6.56. The zero-order valence-electron chi connectivity index (χ0n) is 11.5. The minimum absolute atomic E-state index is 0.145. The lowest BCUT2D eigenvalue weighted by Gasteiger charge is -2.32. The fourth-order valence-corrected chi connectivity index (χ4v) is 3.07. The number of nitrogens with one attached hydrogen (secondary N) is 1. The molecule has 3 heteroatoms. The predicted octanol–water partition coefficient (Wildman–Crippen LogP) is 4.17. The lowest BCUT2D eigenvalue weighted by atomic mass is 9.75. The summed E-state index contributed by atoms with van der Waals surface area (Å²) in [5.74, 6) is 0.219. The number of carbonyl (C=O) groups is 1. The largest absolute Gasteiger partial charge is 0.352 e. The highest BCUT2D eigenvalue weighted by atomic mass is 79.9. The van der Waals surface area contributed by atoms with Crippen molar-refractivity contribution >= 4 is 21.8 Å². The van der Waals surface area contributed by atoms with Gasteiger partial charge in [-0.3, -0.25) is 4.79 Å². The van der Waals surface area contributed by atoms with Crippen molar-refractivity contribution < 1.29 is 4.79 Å². The van der Waals surface area contributed by atoms with Gasteiger partial charge in [-0.25, -0.2) is 0 Å². The number of carbonyl (C=O) groups excluding carboxylic acids is 1. The zero-order chi connectivity index (χ0) is 13.7. The normalized spacial score (nSPS) is 18.0. The molecule has 104 valence electrons. The predicted molar refractivity (Wildman–Crippen MR) is 82.1 cm³/mol. The molecular formula is C16H22BrNO. The first-order valence-corrected chi connectivity index (χ1v) is 8.18.